The van der Waals surface area contributed by atoms with Gasteiger partial charge in [-0.05, 0) is 33.0 Å². The first-order valence-corrected chi connectivity index (χ1v) is 6.44. The number of hydrogen-bond acceptors (Lipinski definition) is 4. The van der Waals surface area contributed by atoms with Crippen molar-refractivity contribution in [3.05, 3.63) is 16.1 Å². The molecule has 2 N–H and O–H groups in total. The molecule has 0 aromatic carbocycles. The maximum Gasteiger partial charge on any atom is 0.224 e. The highest BCUT2D eigenvalue weighted by atomic mass is 32.1. The quantitative estimate of drug-likeness (QED) is 0.855. The van der Waals surface area contributed by atoms with Crippen LogP contribution >= 0.6 is 11.3 Å². The molecule has 0 radical (unpaired) electrons. The maximum absolute atomic E-state index is 10.8. The molecule has 0 aliphatic carbocycles. The number of primary amides is 1. The van der Waals surface area contributed by atoms with Crippen molar-refractivity contribution >= 4 is 17.2 Å². The summed E-state index contributed by atoms with van der Waals surface area (Å²) in [6.45, 7) is 2.26. The molecule has 1 aliphatic heterocycles. The summed E-state index contributed by atoms with van der Waals surface area (Å²) in [6.07, 6.45) is 2.60. The van der Waals surface area contributed by atoms with Crippen LogP contribution in [0.25, 0.3) is 0 Å². The zero-order valence-electron chi connectivity index (χ0n) is 9.48. The van der Waals surface area contributed by atoms with E-state index in [1.165, 1.54) is 0 Å². The summed E-state index contributed by atoms with van der Waals surface area (Å²) in [5.41, 5.74) is 6.30. The van der Waals surface area contributed by atoms with Gasteiger partial charge in [0.05, 0.1) is 12.1 Å². The lowest BCUT2D eigenvalue weighted by Gasteiger charge is -2.27. The Morgan fingerprint density at radius 2 is 2.31 bits per heavy atom. The van der Waals surface area contributed by atoms with Crippen LogP contribution in [0.1, 0.15) is 29.5 Å². The van der Waals surface area contributed by atoms with E-state index in [4.69, 9.17) is 5.73 Å². The summed E-state index contributed by atoms with van der Waals surface area (Å²) in [5, 5.41) is 2.93. The van der Waals surface area contributed by atoms with Crippen molar-refractivity contribution < 1.29 is 4.79 Å². The molecular formula is C11H17N3OS. The molecule has 2 heterocycles. The molecule has 0 bridgehead atoms. The summed E-state index contributed by atoms with van der Waals surface area (Å²) < 4.78 is 0. The van der Waals surface area contributed by atoms with Crippen molar-refractivity contribution in [2.45, 2.75) is 25.2 Å². The third-order valence-electron chi connectivity index (χ3n) is 3.03. The zero-order chi connectivity index (χ0) is 11.5. The van der Waals surface area contributed by atoms with Crippen molar-refractivity contribution in [1.82, 2.24) is 9.88 Å². The normalized spacial score (nSPS) is 18.8. The molecule has 0 atom stereocenters. The highest BCUT2D eigenvalue weighted by molar-refractivity contribution is 7.09. The van der Waals surface area contributed by atoms with Gasteiger partial charge in [0.2, 0.25) is 5.91 Å². The maximum atomic E-state index is 10.8. The van der Waals surface area contributed by atoms with Gasteiger partial charge in [-0.3, -0.25) is 4.79 Å². The van der Waals surface area contributed by atoms with Crippen LogP contribution in [0, 0.1) is 0 Å². The van der Waals surface area contributed by atoms with Gasteiger partial charge in [-0.1, -0.05) is 0 Å². The molecule has 1 fully saturated rings. The Balaban J connectivity index is 1.99. The monoisotopic (exact) mass is 239 g/mol. The van der Waals surface area contributed by atoms with Crippen molar-refractivity contribution in [1.29, 1.82) is 0 Å². The fourth-order valence-corrected chi connectivity index (χ4v) is 2.93. The number of likely N-dealkylation sites (tertiary alicyclic amines) is 1. The Hall–Kier alpha value is -0.940. The fourth-order valence-electron chi connectivity index (χ4n) is 2.05. The molecule has 0 saturated carbocycles. The molecule has 2 rings (SSSR count). The van der Waals surface area contributed by atoms with Crippen LogP contribution in [0.5, 0.6) is 0 Å². The molecule has 1 saturated heterocycles. The molecular weight excluding hydrogens is 222 g/mol. The SMILES string of the molecule is CN1CCC(c2csc(CC(N)=O)n2)CC1. The van der Waals surface area contributed by atoms with Gasteiger partial charge in [-0.2, -0.15) is 0 Å². The van der Waals surface area contributed by atoms with Gasteiger partial charge in [-0.15, -0.1) is 11.3 Å². The van der Waals surface area contributed by atoms with E-state index in [2.05, 4.69) is 22.3 Å². The van der Waals surface area contributed by atoms with Crippen LogP contribution in [0.3, 0.4) is 0 Å². The van der Waals surface area contributed by atoms with E-state index < -0.39 is 0 Å². The topological polar surface area (TPSA) is 59.2 Å². The van der Waals surface area contributed by atoms with Crippen LogP contribution in [-0.2, 0) is 11.2 Å². The second-order valence-corrected chi connectivity index (χ2v) is 5.33. The first-order chi connectivity index (χ1) is 7.65. The minimum absolute atomic E-state index is 0.275. The smallest absolute Gasteiger partial charge is 0.224 e. The van der Waals surface area contributed by atoms with Crippen LogP contribution < -0.4 is 5.73 Å². The van der Waals surface area contributed by atoms with Crippen LogP contribution in [0.4, 0.5) is 0 Å². The van der Waals surface area contributed by atoms with Gasteiger partial charge in [0, 0.05) is 11.3 Å². The number of rotatable bonds is 3. The number of carbonyl (C=O) groups excluding carboxylic acids is 1. The lowest BCUT2D eigenvalue weighted by Crippen LogP contribution is -2.29. The molecule has 1 amide bonds. The molecule has 4 nitrogen and oxygen atoms in total. The number of amides is 1. The predicted molar refractivity (Wildman–Crippen MR) is 64.5 cm³/mol. The fraction of sp³-hybridized carbons (Fsp3) is 0.636. The number of carbonyl (C=O) groups is 1. The molecule has 0 unspecified atom stereocenters. The van der Waals surface area contributed by atoms with Crippen LogP contribution in [-0.4, -0.2) is 35.9 Å². The van der Waals surface area contributed by atoms with Gasteiger partial charge in [0.25, 0.3) is 0 Å². The third-order valence-corrected chi connectivity index (χ3v) is 3.90. The summed E-state index contributed by atoms with van der Waals surface area (Å²) in [5.74, 6) is 0.262. The van der Waals surface area contributed by atoms with E-state index in [0.717, 1.165) is 36.6 Å². The van der Waals surface area contributed by atoms with Gasteiger partial charge in [0.1, 0.15) is 5.01 Å². The highest BCUT2D eigenvalue weighted by Gasteiger charge is 2.20. The lowest BCUT2D eigenvalue weighted by atomic mass is 9.95. The number of nitrogens with zero attached hydrogens (tertiary/aromatic N) is 2. The van der Waals surface area contributed by atoms with E-state index in [9.17, 15) is 4.79 Å². The minimum Gasteiger partial charge on any atom is -0.369 e. The summed E-state index contributed by atoms with van der Waals surface area (Å²) in [7, 11) is 2.15. The minimum atomic E-state index is -0.302. The molecule has 1 aliphatic rings. The molecule has 0 spiro atoms. The zero-order valence-corrected chi connectivity index (χ0v) is 10.3. The van der Waals surface area contributed by atoms with Crippen molar-refractivity contribution in [3.8, 4) is 0 Å². The summed E-state index contributed by atoms with van der Waals surface area (Å²) in [4.78, 5) is 17.6. The van der Waals surface area contributed by atoms with E-state index in [-0.39, 0.29) is 12.3 Å². The van der Waals surface area contributed by atoms with Crippen LogP contribution in [0.2, 0.25) is 0 Å². The predicted octanol–water partition coefficient (Wildman–Crippen LogP) is 0.980. The Morgan fingerprint density at radius 3 is 2.94 bits per heavy atom. The average molecular weight is 239 g/mol. The first-order valence-electron chi connectivity index (χ1n) is 5.56. The molecule has 1 aromatic heterocycles. The van der Waals surface area contributed by atoms with Gasteiger partial charge >= 0.3 is 0 Å². The molecule has 16 heavy (non-hydrogen) atoms. The summed E-state index contributed by atoms with van der Waals surface area (Å²) in [6, 6.07) is 0. The standard InChI is InChI=1S/C11H17N3OS/c1-14-4-2-8(3-5-14)9-7-16-11(13-9)6-10(12)15/h7-8H,2-6H2,1H3,(H2,12,15). The van der Waals surface area contributed by atoms with E-state index >= 15 is 0 Å². The summed E-state index contributed by atoms with van der Waals surface area (Å²) >= 11 is 1.55. The van der Waals surface area contributed by atoms with Crippen molar-refractivity contribution in [2.75, 3.05) is 20.1 Å². The first kappa shape index (κ1) is 11.5. The largest absolute Gasteiger partial charge is 0.369 e. The Kier molecular flexibility index (Phi) is 3.56. The molecule has 88 valence electrons. The lowest BCUT2D eigenvalue weighted by molar-refractivity contribution is -0.117. The van der Waals surface area contributed by atoms with Gasteiger partial charge in [-0.25, -0.2) is 4.98 Å². The van der Waals surface area contributed by atoms with Crippen molar-refractivity contribution in [3.63, 3.8) is 0 Å². The number of aromatic nitrogens is 1. The average Bonchev–Trinajstić information content (AvgIpc) is 2.66. The van der Waals surface area contributed by atoms with Crippen molar-refractivity contribution in [2.24, 2.45) is 5.73 Å². The number of piperidine rings is 1. The number of hydrogen-bond donors (Lipinski definition) is 1. The Bertz CT molecular complexity index is 369. The molecule has 1 aromatic rings. The van der Waals surface area contributed by atoms with E-state index in [1.54, 1.807) is 11.3 Å². The Morgan fingerprint density at radius 1 is 1.62 bits per heavy atom. The number of thiazole rings is 1. The van der Waals surface area contributed by atoms with Gasteiger partial charge < -0.3 is 10.6 Å². The van der Waals surface area contributed by atoms with E-state index in [1.807, 2.05) is 0 Å². The second kappa shape index (κ2) is 4.93. The highest BCUT2D eigenvalue weighted by Crippen LogP contribution is 2.28. The molecule has 5 heteroatoms. The van der Waals surface area contributed by atoms with E-state index in [0.29, 0.717) is 5.92 Å². The third kappa shape index (κ3) is 2.80. The van der Waals surface area contributed by atoms with Gasteiger partial charge in [0.15, 0.2) is 0 Å². The number of nitrogens with two attached hydrogens (primary N) is 1. The second-order valence-electron chi connectivity index (χ2n) is 4.39. The Labute approximate surface area is 99.5 Å². The van der Waals surface area contributed by atoms with Crippen LogP contribution in [0.15, 0.2) is 5.38 Å².